The molecule has 2 N–H and O–H groups in total. The summed E-state index contributed by atoms with van der Waals surface area (Å²) in [5.74, 6) is -1.27. The van der Waals surface area contributed by atoms with E-state index in [4.69, 9.17) is 0 Å². The Kier molecular flexibility index (Phi) is 3.21. The van der Waals surface area contributed by atoms with Crippen LogP contribution >= 0.6 is 0 Å². The average molecular weight is 228 g/mol. The van der Waals surface area contributed by atoms with Crippen LogP contribution in [0.25, 0.3) is 0 Å². The minimum atomic E-state index is -1.10. The molecule has 2 nitrogen and oxygen atoms in total. The summed E-state index contributed by atoms with van der Waals surface area (Å²) >= 11 is 0. The fourth-order valence-corrected chi connectivity index (χ4v) is 1.81. The van der Waals surface area contributed by atoms with Crippen molar-refractivity contribution in [2.75, 3.05) is 0 Å². The molecule has 4 heteroatoms. The van der Waals surface area contributed by atoms with Crippen molar-refractivity contribution in [2.24, 2.45) is 5.92 Å². The monoisotopic (exact) mass is 228 g/mol. The van der Waals surface area contributed by atoms with Crippen LogP contribution in [0.2, 0.25) is 0 Å². The summed E-state index contributed by atoms with van der Waals surface area (Å²) in [4.78, 5) is 0. The van der Waals surface area contributed by atoms with Crippen molar-refractivity contribution < 1.29 is 19.0 Å². The van der Waals surface area contributed by atoms with Crippen LogP contribution in [0.15, 0.2) is 18.2 Å². The largest absolute Gasteiger partial charge is 0.390 e. The fraction of sp³-hybridized carbons (Fsp3) is 0.500. The van der Waals surface area contributed by atoms with Crippen LogP contribution in [-0.4, -0.2) is 22.4 Å². The molecule has 16 heavy (non-hydrogen) atoms. The number of aliphatic hydroxyl groups excluding tert-OH is 2. The lowest BCUT2D eigenvalue weighted by atomic mass is 10.0. The lowest BCUT2D eigenvalue weighted by molar-refractivity contribution is 0.00588. The van der Waals surface area contributed by atoms with Crippen LogP contribution in [0, 0.1) is 17.6 Å². The second-order valence-electron chi connectivity index (χ2n) is 4.30. The predicted molar refractivity (Wildman–Crippen MR) is 54.8 cm³/mol. The SMILES string of the molecule is OC(Cc1c(F)cccc1F)C(O)C1CC1. The Hall–Kier alpha value is -1.00. The highest BCUT2D eigenvalue weighted by molar-refractivity contribution is 5.20. The molecule has 0 saturated heterocycles. The minimum absolute atomic E-state index is 0.0878. The second-order valence-corrected chi connectivity index (χ2v) is 4.30. The molecule has 2 rings (SSSR count). The van der Waals surface area contributed by atoms with Gasteiger partial charge >= 0.3 is 0 Å². The van der Waals surface area contributed by atoms with Crippen LogP contribution in [-0.2, 0) is 6.42 Å². The molecule has 0 amide bonds. The summed E-state index contributed by atoms with van der Waals surface area (Å²) in [6, 6.07) is 3.57. The zero-order valence-electron chi connectivity index (χ0n) is 8.74. The van der Waals surface area contributed by atoms with Crippen LogP contribution in [0.3, 0.4) is 0 Å². The van der Waals surface area contributed by atoms with Gasteiger partial charge in [0.05, 0.1) is 12.2 Å². The zero-order valence-corrected chi connectivity index (χ0v) is 8.74. The molecule has 0 aliphatic heterocycles. The molecule has 2 atom stereocenters. The third-order valence-corrected chi connectivity index (χ3v) is 2.97. The van der Waals surface area contributed by atoms with Crippen molar-refractivity contribution in [1.82, 2.24) is 0 Å². The van der Waals surface area contributed by atoms with Gasteiger partial charge in [-0.2, -0.15) is 0 Å². The average Bonchev–Trinajstić information content (AvgIpc) is 3.06. The van der Waals surface area contributed by atoms with Gasteiger partial charge in [-0.1, -0.05) is 6.07 Å². The van der Waals surface area contributed by atoms with E-state index in [1.165, 1.54) is 6.07 Å². The molecule has 0 heterocycles. The van der Waals surface area contributed by atoms with Gasteiger partial charge in [-0.15, -0.1) is 0 Å². The van der Waals surface area contributed by atoms with Crippen LogP contribution < -0.4 is 0 Å². The number of rotatable bonds is 4. The maximum atomic E-state index is 13.3. The van der Waals surface area contributed by atoms with Gasteiger partial charge < -0.3 is 10.2 Å². The standard InChI is InChI=1S/C12H14F2O2/c13-9-2-1-3-10(14)8(9)6-11(15)12(16)7-4-5-7/h1-3,7,11-12,15-16H,4-6H2. The molecule has 0 radical (unpaired) electrons. The van der Waals surface area contributed by atoms with E-state index >= 15 is 0 Å². The number of aliphatic hydroxyl groups is 2. The van der Waals surface area contributed by atoms with Gasteiger partial charge in [-0.3, -0.25) is 0 Å². The predicted octanol–water partition coefficient (Wildman–Crippen LogP) is 1.64. The van der Waals surface area contributed by atoms with E-state index in [1.54, 1.807) is 0 Å². The molecular formula is C12H14F2O2. The van der Waals surface area contributed by atoms with E-state index < -0.39 is 23.8 Å². The van der Waals surface area contributed by atoms with Crippen molar-refractivity contribution in [3.63, 3.8) is 0 Å². The highest BCUT2D eigenvalue weighted by atomic mass is 19.1. The number of benzene rings is 1. The van der Waals surface area contributed by atoms with E-state index in [-0.39, 0.29) is 17.9 Å². The normalized spacial score (nSPS) is 19.5. The molecule has 88 valence electrons. The molecule has 1 aliphatic rings. The first-order chi connectivity index (χ1) is 7.59. The maximum Gasteiger partial charge on any atom is 0.129 e. The molecule has 1 aliphatic carbocycles. The van der Waals surface area contributed by atoms with Crippen molar-refractivity contribution in [3.05, 3.63) is 35.4 Å². The molecule has 1 fully saturated rings. The number of hydrogen-bond donors (Lipinski definition) is 2. The molecule has 2 unspecified atom stereocenters. The lowest BCUT2D eigenvalue weighted by Crippen LogP contribution is -2.30. The van der Waals surface area contributed by atoms with Crippen molar-refractivity contribution in [3.8, 4) is 0 Å². The van der Waals surface area contributed by atoms with E-state index in [9.17, 15) is 19.0 Å². The minimum Gasteiger partial charge on any atom is -0.390 e. The highest BCUT2D eigenvalue weighted by Crippen LogP contribution is 2.34. The Morgan fingerprint density at radius 2 is 1.75 bits per heavy atom. The second kappa shape index (κ2) is 4.47. The lowest BCUT2D eigenvalue weighted by Gasteiger charge is -2.17. The van der Waals surface area contributed by atoms with Gasteiger partial charge in [-0.05, 0) is 30.9 Å². The van der Waals surface area contributed by atoms with E-state index in [2.05, 4.69) is 0 Å². The first-order valence-corrected chi connectivity index (χ1v) is 5.38. The van der Waals surface area contributed by atoms with Crippen LogP contribution in [0.1, 0.15) is 18.4 Å². The summed E-state index contributed by atoms with van der Waals surface area (Å²) in [5.41, 5.74) is -0.158. The third-order valence-electron chi connectivity index (χ3n) is 2.97. The molecule has 0 bridgehead atoms. The van der Waals surface area contributed by atoms with Crippen molar-refractivity contribution in [1.29, 1.82) is 0 Å². The quantitative estimate of drug-likeness (QED) is 0.822. The summed E-state index contributed by atoms with van der Waals surface area (Å²) in [6.07, 6.45) is -0.413. The summed E-state index contributed by atoms with van der Waals surface area (Å²) < 4.78 is 26.5. The summed E-state index contributed by atoms with van der Waals surface area (Å²) in [6.45, 7) is 0. The Bertz CT molecular complexity index is 357. The Morgan fingerprint density at radius 3 is 2.25 bits per heavy atom. The number of halogens is 2. The molecular weight excluding hydrogens is 214 g/mol. The first kappa shape index (κ1) is 11.5. The van der Waals surface area contributed by atoms with Crippen LogP contribution in [0.5, 0.6) is 0 Å². The maximum absolute atomic E-state index is 13.3. The van der Waals surface area contributed by atoms with Gasteiger partial charge in [-0.25, -0.2) is 8.78 Å². The number of hydrogen-bond acceptors (Lipinski definition) is 2. The smallest absolute Gasteiger partial charge is 0.129 e. The first-order valence-electron chi connectivity index (χ1n) is 5.38. The van der Waals surface area contributed by atoms with Crippen LogP contribution in [0.4, 0.5) is 8.78 Å². The molecule has 0 spiro atoms. The summed E-state index contributed by atoms with van der Waals surface area (Å²) in [7, 11) is 0. The van der Waals surface area contributed by atoms with Gasteiger partial charge in [0.25, 0.3) is 0 Å². The van der Waals surface area contributed by atoms with Crippen molar-refractivity contribution in [2.45, 2.75) is 31.5 Å². The molecule has 0 aromatic heterocycles. The molecule has 1 aromatic rings. The Balaban J connectivity index is 2.07. The van der Waals surface area contributed by atoms with Crippen molar-refractivity contribution >= 4 is 0 Å². The molecule has 1 saturated carbocycles. The fourth-order valence-electron chi connectivity index (χ4n) is 1.81. The zero-order chi connectivity index (χ0) is 11.7. The Morgan fingerprint density at radius 1 is 1.19 bits per heavy atom. The highest BCUT2D eigenvalue weighted by Gasteiger charge is 2.35. The Labute approximate surface area is 92.5 Å². The van der Waals surface area contributed by atoms with Gasteiger partial charge in [0, 0.05) is 12.0 Å². The van der Waals surface area contributed by atoms with Gasteiger partial charge in [0.1, 0.15) is 11.6 Å². The van der Waals surface area contributed by atoms with Gasteiger partial charge in [0.15, 0.2) is 0 Å². The summed E-state index contributed by atoms with van der Waals surface area (Å²) in [5, 5.41) is 19.3. The van der Waals surface area contributed by atoms with Gasteiger partial charge in [0.2, 0.25) is 0 Å². The van der Waals surface area contributed by atoms with E-state index in [1.807, 2.05) is 0 Å². The van der Waals surface area contributed by atoms with E-state index in [0.717, 1.165) is 25.0 Å². The third kappa shape index (κ3) is 2.39. The van der Waals surface area contributed by atoms with E-state index in [0.29, 0.717) is 0 Å². The topological polar surface area (TPSA) is 40.5 Å². The molecule has 1 aromatic carbocycles.